The highest BCUT2D eigenvalue weighted by Crippen LogP contribution is 2.52. The van der Waals surface area contributed by atoms with E-state index in [4.69, 9.17) is 10.5 Å². The molecular weight excluding hydrogens is 722 g/mol. The minimum atomic E-state index is -5.52. The van der Waals surface area contributed by atoms with Crippen molar-refractivity contribution >= 4 is 49.1 Å². The van der Waals surface area contributed by atoms with E-state index in [9.17, 15) is 18.8 Å². The van der Waals surface area contributed by atoms with Gasteiger partial charge in [-0.1, -0.05) is 12.6 Å². The van der Waals surface area contributed by atoms with Crippen molar-refractivity contribution in [3.8, 4) is 23.2 Å². The van der Waals surface area contributed by atoms with Crippen LogP contribution in [0.5, 0.6) is 6.01 Å². The number of piperazine rings is 1. The van der Waals surface area contributed by atoms with Crippen LogP contribution in [0.4, 0.5) is 45.9 Å². The molecule has 6 rings (SSSR count). The molecule has 9 nitrogen and oxygen atoms in total. The van der Waals surface area contributed by atoms with Crippen molar-refractivity contribution in [2.24, 2.45) is 0 Å². The van der Waals surface area contributed by atoms with Crippen molar-refractivity contribution in [3.05, 3.63) is 53.4 Å². The van der Waals surface area contributed by atoms with E-state index in [1.807, 2.05) is 0 Å². The highest BCUT2D eigenvalue weighted by molar-refractivity contribution is 7.23. The fourth-order valence-electron chi connectivity index (χ4n) is 7.03. The molecule has 2 aromatic heterocycles. The van der Waals surface area contributed by atoms with Gasteiger partial charge in [0, 0.05) is 54.1 Å². The predicted octanol–water partition coefficient (Wildman–Crippen LogP) is 7.17. The molecule has 52 heavy (non-hydrogen) atoms. The largest absolute Gasteiger partial charge is 0.462 e. The van der Waals surface area contributed by atoms with E-state index in [0.717, 1.165) is 12.1 Å². The predicted molar refractivity (Wildman–Crippen MR) is 179 cm³/mol. The van der Waals surface area contributed by atoms with E-state index >= 15 is 26.3 Å². The second-order valence-electron chi connectivity index (χ2n) is 12.9. The summed E-state index contributed by atoms with van der Waals surface area (Å²) in [4.78, 5) is 25.6. The van der Waals surface area contributed by atoms with Gasteiger partial charge in [0.1, 0.15) is 35.5 Å². The molecule has 4 heterocycles. The lowest BCUT2D eigenvalue weighted by molar-refractivity contribution is -0.141. The summed E-state index contributed by atoms with van der Waals surface area (Å²) in [6, 6.07) is 1.29. The van der Waals surface area contributed by atoms with E-state index in [1.165, 1.54) is 9.80 Å². The summed E-state index contributed by atoms with van der Waals surface area (Å²) < 4.78 is 126. The maximum atomic E-state index is 15.5. The summed E-state index contributed by atoms with van der Waals surface area (Å²) in [5.41, 5.74) is -1.23. The topological polar surface area (TPSA) is 112 Å². The van der Waals surface area contributed by atoms with Crippen molar-refractivity contribution < 1.29 is 44.7 Å². The van der Waals surface area contributed by atoms with Crippen LogP contribution in [0, 0.1) is 17.1 Å². The number of ether oxygens (including phenoxy) is 1. The molecule has 0 bridgehead atoms. The standard InChI is InChI=1S/C34H31F8N7O2S/c1-5-24(50)48-11-16(3)49(12-15(48)2)31-20-9-22(33(37,38)39)26(19-6-7-23(36)29-25(19)21(10-43)30(44)52-29)27(34(40,41)42)28(20)45-32(46-31)51-14-18-8-17(35)13-47(18)4/h5-7,9,15-18H,1,8,11-14,44H2,2-4H3/t15-,16+,17-,18+/m1/s1. The molecular formula is C34H31F8N7O2S. The first-order chi connectivity index (χ1) is 24.3. The van der Waals surface area contributed by atoms with Crippen LogP contribution >= 0.6 is 11.3 Å². The number of nitriles is 1. The number of thiophene rings is 1. The van der Waals surface area contributed by atoms with E-state index in [1.54, 1.807) is 31.9 Å². The van der Waals surface area contributed by atoms with Gasteiger partial charge in [-0.2, -0.15) is 41.6 Å². The van der Waals surface area contributed by atoms with E-state index in [2.05, 4.69) is 16.5 Å². The zero-order valence-electron chi connectivity index (χ0n) is 27.9. The molecule has 2 aromatic carbocycles. The first-order valence-electron chi connectivity index (χ1n) is 16.0. The Labute approximate surface area is 295 Å². The molecule has 4 aromatic rings. The fraction of sp³-hybridized carbons (Fsp3) is 0.412. The van der Waals surface area contributed by atoms with E-state index in [-0.39, 0.29) is 43.5 Å². The zero-order valence-corrected chi connectivity index (χ0v) is 28.7. The molecule has 0 unspecified atom stereocenters. The van der Waals surface area contributed by atoms with Gasteiger partial charge in [-0.25, -0.2) is 8.78 Å². The van der Waals surface area contributed by atoms with Gasteiger partial charge < -0.3 is 20.3 Å². The number of benzene rings is 2. The van der Waals surface area contributed by atoms with Crippen molar-refractivity contribution in [1.82, 2.24) is 19.8 Å². The number of hydrogen-bond donors (Lipinski definition) is 1. The van der Waals surface area contributed by atoms with Crippen LogP contribution < -0.4 is 15.4 Å². The van der Waals surface area contributed by atoms with Gasteiger partial charge in [-0.05, 0) is 51.1 Å². The second kappa shape index (κ2) is 13.3. The number of alkyl halides is 7. The minimum Gasteiger partial charge on any atom is -0.462 e. The normalized spacial score (nSPS) is 21.6. The van der Waals surface area contributed by atoms with Crippen LogP contribution in [0.2, 0.25) is 0 Å². The van der Waals surface area contributed by atoms with Crippen molar-refractivity contribution in [3.63, 3.8) is 0 Å². The smallest absolute Gasteiger partial charge is 0.419 e. The molecule has 276 valence electrons. The van der Waals surface area contributed by atoms with Crippen molar-refractivity contribution in [2.45, 2.75) is 56.9 Å². The number of nitrogens with zero attached hydrogens (tertiary/aromatic N) is 6. The Hall–Kier alpha value is -4.76. The number of halogens is 8. The number of anilines is 2. The summed E-state index contributed by atoms with van der Waals surface area (Å²) >= 11 is 0.517. The first-order valence-corrected chi connectivity index (χ1v) is 16.8. The van der Waals surface area contributed by atoms with Gasteiger partial charge in [0.2, 0.25) is 5.91 Å². The van der Waals surface area contributed by atoms with Crippen molar-refractivity contribution in [2.75, 3.05) is 43.9 Å². The molecule has 18 heteroatoms. The van der Waals surface area contributed by atoms with Gasteiger partial charge in [0.05, 0.1) is 26.9 Å². The van der Waals surface area contributed by atoms with E-state index < -0.39 is 103 Å². The molecule has 2 saturated heterocycles. The number of nitrogen functional groups attached to an aromatic ring is 1. The molecule has 2 fully saturated rings. The van der Waals surface area contributed by atoms with Crippen LogP contribution in [0.3, 0.4) is 0 Å². The molecule has 0 spiro atoms. The Kier molecular flexibility index (Phi) is 9.49. The molecule has 0 aliphatic carbocycles. The Balaban J connectivity index is 1.69. The van der Waals surface area contributed by atoms with Crippen LogP contribution in [-0.2, 0) is 17.1 Å². The van der Waals surface area contributed by atoms with Crippen LogP contribution in [0.1, 0.15) is 37.0 Å². The third-order valence-corrected chi connectivity index (χ3v) is 10.5. The SMILES string of the molecule is C=CC(=O)N1C[C@H](C)N(c2nc(OC[C@@H]3C[C@@H](F)CN3C)nc3c(C(F)(F)F)c(-c4ccc(F)c5sc(N)c(C#N)c45)c(C(F)(F)F)cc23)C[C@H]1C. The number of aromatic nitrogens is 2. The highest BCUT2D eigenvalue weighted by atomic mass is 32.1. The number of carbonyl (C=O) groups is 1. The second-order valence-corrected chi connectivity index (χ2v) is 14.0. The number of hydrogen-bond acceptors (Lipinski definition) is 9. The Morgan fingerprint density at radius 2 is 1.85 bits per heavy atom. The summed E-state index contributed by atoms with van der Waals surface area (Å²) in [5.74, 6) is -1.73. The average molecular weight is 754 g/mol. The Bertz CT molecular complexity index is 2130. The van der Waals surface area contributed by atoms with Gasteiger partial charge in [0.25, 0.3) is 0 Å². The molecule has 0 saturated carbocycles. The monoisotopic (exact) mass is 753 g/mol. The third kappa shape index (κ3) is 6.44. The first kappa shape index (κ1) is 37.0. The molecule has 4 atom stereocenters. The third-order valence-electron chi connectivity index (χ3n) is 9.50. The highest BCUT2D eigenvalue weighted by Gasteiger charge is 2.46. The maximum absolute atomic E-state index is 15.5. The molecule has 2 aliphatic heterocycles. The molecule has 2 aliphatic rings. The quantitative estimate of drug-likeness (QED) is 0.163. The number of carbonyl (C=O) groups excluding carboxylic acids is 1. The number of likely N-dealkylation sites (N-methyl/N-ethyl adjacent to an activating group) is 1. The van der Waals surface area contributed by atoms with Crippen LogP contribution in [0.25, 0.3) is 32.1 Å². The lowest BCUT2D eigenvalue weighted by Gasteiger charge is -2.44. The van der Waals surface area contributed by atoms with Gasteiger partial charge in [0.15, 0.2) is 0 Å². The Morgan fingerprint density at radius 1 is 1.13 bits per heavy atom. The number of nitrogens with two attached hydrogens (primary N) is 1. The van der Waals surface area contributed by atoms with Gasteiger partial charge in [-0.3, -0.25) is 9.69 Å². The summed E-state index contributed by atoms with van der Waals surface area (Å²) in [6.07, 6.45) is -11.0. The number of likely N-dealkylation sites (tertiary alicyclic amines) is 1. The Morgan fingerprint density at radius 3 is 2.44 bits per heavy atom. The van der Waals surface area contributed by atoms with Crippen LogP contribution in [0.15, 0.2) is 30.9 Å². The lowest BCUT2D eigenvalue weighted by atomic mass is 9.88. The lowest BCUT2D eigenvalue weighted by Crippen LogP contribution is -2.58. The average Bonchev–Trinajstić information content (AvgIpc) is 3.58. The molecule has 1 amide bonds. The maximum Gasteiger partial charge on any atom is 0.419 e. The van der Waals surface area contributed by atoms with E-state index in [0.29, 0.717) is 23.5 Å². The number of amides is 1. The fourth-order valence-corrected chi connectivity index (χ4v) is 7.97. The summed E-state index contributed by atoms with van der Waals surface area (Å²) in [5, 5.41) is 8.40. The van der Waals surface area contributed by atoms with Crippen LogP contribution in [-0.4, -0.2) is 83.3 Å². The summed E-state index contributed by atoms with van der Waals surface area (Å²) in [7, 11) is 1.64. The zero-order chi connectivity index (χ0) is 38.0. The van der Waals surface area contributed by atoms with Gasteiger partial charge >= 0.3 is 18.4 Å². The number of fused-ring (bicyclic) bond motifs is 2. The molecule has 2 N–H and O–H groups in total. The molecule has 0 radical (unpaired) electrons. The van der Waals surface area contributed by atoms with Crippen molar-refractivity contribution in [1.29, 1.82) is 5.26 Å². The summed E-state index contributed by atoms with van der Waals surface area (Å²) in [6.45, 7) is 6.60. The number of rotatable bonds is 6. The van der Waals surface area contributed by atoms with Gasteiger partial charge in [-0.15, -0.1) is 11.3 Å². The minimum absolute atomic E-state index is 0.0267.